The molecule has 0 aliphatic carbocycles. The molecule has 0 amide bonds. The normalized spacial score (nSPS) is 19.1. The van der Waals surface area contributed by atoms with Crippen molar-refractivity contribution in [1.29, 1.82) is 0 Å². The lowest BCUT2D eigenvalue weighted by Crippen LogP contribution is -2.47. The number of carbonyl (C=O) groups excluding carboxylic acids is 2. The molecule has 3 aromatic rings. The average molecular weight is 478 g/mol. The Morgan fingerprint density at radius 3 is 2.69 bits per heavy atom. The molecule has 0 unspecified atom stereocenters. The van der Waals surface area contributed by atoms with Crippen molar-refractivity contribution in [1.82, 2.24) is 9.55 Å². The van der Waals surface area contributed by atoms with Gasteiger partial charge in [0.25, 0.3) is 5.56 Å². The molecule has 0 fully saturated rings. The molecule has 1 atom stereocenters. The minimum Gasteiger partial charge on any atom is -0.457 e. The first-order chi connectivity index (χ1) is 16.9. The van der Waals surface area contributed by atoms with Gasteiger partial charge >= 0.3 is 12.1 Å². The Morgan fingerprint density at radius 2 is 1.91 bits per heavy atom. The summed E-state index contributed by atoms with van der Waals surface area (Å²) in [5, 5.41) is 0.863. The zero-order valence-corrected chi connectivity index (χ0v) is 19.2. The molecular formula is C25H22N2O8. The van der Waals surface area contributed by atoms with Crippen LogP contribution in [0.25, 0.3) is 22.3 Å². The molecule has 180 valence electrons. The summed E-state index contributed by atoms with van der Waals surface area (Å²) in [6, 6.07) is 7.35. The van der Waals surface area contributed by atoms with Crippen molar-refractivity contribution in [3.63, 3.8) is 0 Å². The van der Waals surface area contributed by atoms with Crippen molar-refractivity contribution < 1.29 is 33.3 Å². The molecular weight excluding hydrogens is 456 g/mol. The minimum atomic E-state index is -1.78. The van der Waals surface area contributed by atoms with Gasteiger partial charge in [0.05, 0.1) is 35.6 Å². The van der Waals surface area contributed by atoms with E-state index < -0.39 is 17.7 Å². The van der Waals surface area contributed by atoms with Crippen molar-refractivity contribution >= 4 is 23.0 Å². The van der Waals surface area contributed by atoms with Crippen LogP contribution in [0.3, 0.4) is 0 Å². The van der Waals surface area contributed by atoms with Gasteiger partial charge in [0.1, 0.15) is 6.61 Å². The third-order valence-electron chi connectivity index (χ3n) is 6.65. The lowest BCUT2D eigenvalue weighted by molar-refractivity contribution is -0.175. The Labute approximate surface area is 199 Å². The van der Waals surface area contributed by atoms with Crippen LogP contribution in [0.2, 0.25) is 0 Å². The van der Waals surface area contributed by atoms with E-state index in [-0.39, 0.29) is 37.6 Å². The largest absolute Gasteiger partial charge is 0.509 e. The van der Waals surface area contributed by atoms with Gasteiger partial charge in [-0.15, -0.1) is 0 Å². The summed E-state index contributed by atoms with van der Waals surface area (Å²) < 4.78 is 28.5. The van der Waals surface area contributed by atoms with E-state index in [4.69, 9.17) is 28.7 Å². The smallest absolute Gasteiger partial charge is 0.457 e. The summed E-state index contributed by atoms with van der Waals surface area (Å²) in [5.74, 6) is 0.526. The number of aromatic nitrogens is 2. The van der Waals surface area contributed by atoms with E-state index in [1.807, 2.05) is 19.1 Å². The fourth-order valence-corrected chi connectivity index (χ4v) is 4.89. The summed E-state index contributed by atoms with van der Waals surface area (Å²) in [4.78, 5) is 43.7. The molecule has 0 bridgehead atoms. The summed E-state index contributed by atoms with van der Waals surface area (Å²) >= 11 is 0. The third-order valence-corrected chi connectivity index (χ3v) is 6.65. The van der Waals surface area contributed by atoms with Gasteiger partial charge in [-0.05, 0) is 31.0 Å². The van der Waals surface area contributed by atoms with E-state index in [1.54, 1.807) is 23.6 Å². The highest BCUT2D eigenvalue weighted by molar-refractivity contribution is 5.89. The molecule has 0 N–H and O–H groups in total. The zero-order valence-electron chi connectivity index (χ0n) is 19.2. The molecule has 10 heteroatoms. The van der Waals surface area contributed by atoms with Gasteiger partial charge in [-0.25, -0.2) is 14.6 Å². The highest BCUT2D eigenvalue weighted by Gasteiger charge is 2.51. The summed E-state index contributed by atoms with van der Waals surface area (Å²) in [6.45, 7) is 3.97. The first-order valence-corrected chi connectivity index (χ1v) is 11.5. The van der Waals surface area contributed by atoms with Crippen LogP contribution in [0.4, 0.5) is 4.79 Å². The first-order valence-electron chi connectivity index (χ1n) is 11.5. The number of hydrogen-bond donors (Lipinski definition) is 0. The number of hydrogen-bond acceptors (Lipinski definition) is 9. The van der Waals surface area contributed by atoms with Crippen LogP contribution >= 0.6 is 0 Å². The van der Waals surface area contributed by atoms with Crippen molar-refractivity contribution in [2.75, 3.05) is 13.4 Å². The van der Waals surface area contributed by atoms with Crippen LogP contribution < -0.4 is 15.0 Å². The molecule has 0 saturated carbocycles. The molecule has 5 heterocycles. The Kier molecular flexibility index (Phi) is 4.73. The summed E-state index contributed by atoms with van der Waals surface area (Å²) in [5.41, 5.74) is 1.19. The molecule has 3 aliphatic rings. The quantitative estimate of drug-likeness (QED) is 0.407. The molecule has 0 saturated heterocycles. The van der Waals surface area contributed by atoms with E-state index >= 15 is 0 Å². The van der Waals surface area contributed by atoms with Crippen LogP contribution in [-0.4, -0.2) is 35.1 Å². The second-order valence-electron chi connectivity index (χ2n) is 8.66. The maximum atomic E-state index is 13.5. The number of pyridine rings is 2. The number of rotatable bonds is 4. The second kappa shape index (κ2) is 7.72. The monoisotopic (exact) mass is 478 g/mol. The van der Waals surface area contributed by atoms with Gasteiger partial charge in [-0.2, -0.15) is 0 Å². The van der Waals surface area contributed by atoms with E-state index in [1.165, 1.54) is 0 Å². The van der Waals surface area contributed by atoms with Gasteiger partial charge in [0.2, 0.25) is 12.4 Å². The van der Waals surface area contributed by atoms with Crippen molar-refractivity contribution in [2.24, 2.45) is 0 Å². The topological polar surface area (TPSA) is 115 Å². The molecule has 2 aromatic heterocycles. The van der Waals surface area contributed by atoms with Gasteiger partial charge in [-0.1, -0.05) is 13.8 Å². The molecule has 1 aromatic carbocycles. The number of esters is 1. The number of nitrogens with zero attached hydrogens (tertiary/aromatic N) is 2. The average Bonchev–Trinajstić information content (AvgIpc) is 3.45. The van der Waals surface area contributed by atoms with Gasteiger partial charge in [-0.3, -0.25) is 4.79 Å². The number of fused-ring (bicyclic) bond motifs is 6. The zero-order chi connectivity index (χ0) is 24.3. The predicted molar refractivity (Wildman–Crippen MR) is 121 cm³/mol. The minimum absolute atomic E-state index is 0.0738. The Morgan fingerprint density at radius 1 is 1.11 bits per heavy atom. The predicted octanol–water partition coefficient (Wildman–Crippen LogP) is 3.38. The number of carbonyl (C=O) groups is 2. The van der Waals surface area contributed by atoms with Crippen LogP contribution in [0.15, 0.2) is 29.1 Å². The Balaban J connectivity index is 1.51. The SMILES string of the molecule is CCCOC(=O)O[C@]1(CC)C(=O)OCc2c1cc1n(c2=O)Cc2cc3cc4c(cc3nc2-1)OCO4. The van der Waals surface area contributed by atoms with Crippen molar-refractivity contribution in [2.45, 2.75) is 45.4 Å². The van der Waals surface area contributed by atoms with Gasteiger partial charge in [0.15, 0.2) is 11.5 Å². The number of cyclic esters (lactones) is 1. The molecule has 6 rings (SSSR count). The van der Waals surface area contributed by atoms with E-state index in [2.05, 4.69) is 0 Å². The lowest BCUT2D eigenvalue weighted by Gasteiger charge is -2.35. The maximum Gasteiger partial charge on any atom is 0.509 e. The maximum absolute atomic E-state index is 13.5. The second-order valence-corrected chi connectivity index (χ2v) is 8.66. The van der Waals surface area contributed by atoms with Crippen LogP contribution in [0.1, 0.15) is 43.4 Å². The Bertz CT molecular complexity index is 1480. The molecule has 10 nitrogen and oxygen atoms in total. The van der Waals surface area contributed by atoms with Crippen LogP contribution in [-0.2, 0) is 37.8 Å². The fraction of sp³-hybridized carbons (Fsp3) is 0.360. The van der Waals surface area contributed by atoms with Gasteiger partial charge < -0.3 is 28.3 Å². The number of ether oxygens (including phenoxy) is 5. The molecule has 0 spiro atoms. The highest BCUT2D eigenvalue weighted by atomic mass is 16.7. The number of benzene rings is 1. The third kappa shape index (κ3) is 3.09. The molecule has 0 radical (unpaired) electrons. The summed E-state index contributed by atoms with van der Waals surface area (Å²) in [6.07, 6.45) is -0.314. The van der Waals surface area contributed by atoms with E-state index in [0.29, 0.717) is 46.9 Å². The van der Waals surface area contributed by atoms with Crippen molar-refractivity contribution in [3.05, 3.63) is 51.3 Å². The summed E-state index contributed by atoms with van der Waals surface area (Å²) in [7, 11) is 0. The lowest BCUT2D eigenvalue weighted by atomic mass is 9.85. The van der Waals surface area contributed by atoms with E-state index in [0.717, 1.165) is 10.9 Å². The first kappa shape index (κ1) is 21.5. The van der Waals surface area contributed by atoms with Gasteiger partial charge in [0, 0.05) is 22.6 Å². The van der Waals surface area contributed by atoms with E-state index in [9.17, 15) is 14.4 Å². The molecule has 3 aliphatic heterocycles. The Hall–Kier alpha value is -4.08. The van der Waals surface area contributed by atoms with Crippen LogP contribution in [0, 0.1) is 0 Å². The fourth-order valence-electron chi connectivity index (χ4n) is 4.89. The van der Waals surface area contributed by atoms with Crippen molar-refractivity contribution in [3.8, 4) is 22.9 Å². The highest BCUT2D eigenvalue weighted by Crippen LogP contribution is 2.42. The standard InChI is InChI=1S/C25H22N2O8/c1-3-5-31-24(30)35-25(4-2)16-8-18-21-14(10-27(18)22(28)15(16)11-32-23(25)29)6-13-7-19-20(34-12-33-19)9-17(13)26-21/h6-9H,3-5,10-12H2,1-2H3/t25-/m0/s1. The molecule has 35 heavy (non-hydrogen) atoms. The van der Waals surface area contributed by atoms with Crippen LogP contribution in [0.5, 0.6) is 11.5 Å².